The number of rotatable bonds is 4. The van der Waals surface area contributed by atoms with Crippen LogP contribution in [0.25, 0.3) is 0 Å². The van der Waals surface area contributed by atoms with E-state index in [1.54, 1.807) is 6.33 Å². The Morgan fingerprint density at radius 3 is 3.04 bits per heavy atom. The first-order valence-electron chi connectivity index (χ1n) is 8.60. The molecule has 0 spiro atoms. The molecule has 2 aromatic rings. The molecular weight excluding hydrogens is 286 g/mol. The van der Waals surface area contributed by atoms with Gasteiger partial charge < -0.3 is 5.32 Å². The summed E-state index contributed by atoms with van der Waals surface area (Å²) in [6, 6.07) is 6.60. The molecule has 0 radical (unpaired) electrons. The highest BCUT2D eigenvalue weighted by Crippen LogP contribution is 2.26. The van der Waals surface area contributed by atoms with Crippen LogP contribution in [0.3, 0.4) is 0 Å². The van der Waals surface area contributed by atoms with Gasteiger partial charge >= 0.3 is 0 Å². The van der Waals surface area contributed by atoms with E-state index in [-0.39, 0.29) is 0 Å². The Kier molecular flexibility index (Phi) is 4.20. The molecule has 0 unspecified atom stereocenters. The van der Waals surface area contributed by atoms with Gasteiger partial charge in [0.05, 0.1) is 5.69 Å². The first kappa shape index (κ1) is 14.6. The zero-order chi connectivity index (χ0) is 15.5. The lowest BCUT2D eigenvalue weighted by atomic mass is 10.0. The normalized spacial score (nSPS) is 21.1. The van der Waals surface area contributed by atoms with E-state index < -0.39 is 0 Å². The number of nitrogens with one attached hydrogen (secondary N) is 1. The lowest BCUT2D eigenvalue weighted by molar-refractivity contribution is 0.206. The van der Waals surface area contributed by atoms with E-state index >= 15 is 0 Å². The summed E-state index contributed by atoms with van der Waals surface area (Å²) in [5.74, 6) is 1.07. The molecule has 1 N–H and O–H groups in total. The number of piperidine rings is 1. The minimum atomic E-state index is 0.465. The summed E-state index contributed by atoms with van der Waals surface area (Å²) in [5.41, 5.74) is 3.73. The average Bonchev–Trinajstić information content (AvgIpc) is 3.06. The summed E-state index contributed by atoms with van der Waals surface area (Å²) in [6.45, 7) is 3.13. The van der Waals surface area contributed by atoms with Crippen molar-refractivity contribution in [1.29, 1.82) is 0 Å². The lowest BCUT2D eigenvalue weighted by Crippen LogP contribution is -2.42. The average molecular weight is 309 g/mol. The van der Waals surface area contributed by atoms with Crippen molar-refractivity contribution in [3.8, 4) is 0 Å². The second-order valence-corrected chi connectivity index (χ2v) is 6.54. The SMILES string of the molecule is c1ccc(CN2CCC[C@H](Nc3ncnc4c3CCC4)C2)nc1. The summed E-state index contributed by atoms with van der Waals surface area (Å²) in [4.78, 5) is 15.9. The fourth-order valence-electron chi connectivity index (χ4n) is 3.71. The summed E-state index contributed by atoms with van der Waals surface area (Å²) in [6.07, 6.45) is 9.43. The van der Waals surface area contributed by atoms with Crippen LogP contribution in [0.5, 0.6) is 0 Å². The maximum Gasteiger partial charge on any atom is 0.133 e. The second-order valence-electron chi connectivity index (χ2n) is 6.54. The number of anilines is 1. The Morgan fingerprint density at radius 1 is 1.13 bits per heavy atom. The van der Waals surface area contributed by atoms with Gasteiger partial charge in [-0.15, -0.1) is 0 Å². The van der Waals surface area contributed by atoms with Crippen LogP contribution in [0.15, 0.2) is 30.7 Å². The monoisotopic (exact) mass is 309 g/mol. The third-order valence-electron chi connectivity index (χ3n) is 4.83. The quantitative estimate of drug-likeness (QED) is 0.940. The number of hydrogen-bond donors (Lipinski definition) is 1. The molecular formula is C18H23N5. The molecule has 1 fully saturated rings. The molecule has 4 rings (SSSR count). The van der Waals surface area contributed by atoms with Gasteiger partial charge in [-0.05, 0) is 50.8 Å². The molecule has 2 aromatic heterocycles. The van der Waals surface area contributed by atoms with Crippen LogP contribution in [-0.4, -0.2) is 39.0 Å². The predicted octanol–water partition coefficient (Wildman–Crippen LogP) is 2.44. The van der Waals surface area contributed by atoms with Crippen LogP contribution >= 0.6 is 0 Å². The number of aromatic nitrogens is 3. The van der Waals surface area contributed by atoms with Crippen molar-refractivity contribution in [2.75, 3.05) is 18.4 Å². The Labute approximate surface area is 137 Å². The summed E-state index contributed by atoms with van der Waals surface area (Å²) in [5, 5.41) is 3.68. The minimum Gasteiger partial charge on any atom is -0.366 e. The first-order valence-corrected chi connectivity index (χ1v) is 8.60. The molecule has 23 heavy (non-hydrogen) atoms. The Bertz CT molecular complexity index is 658. The fraction of sp³-hybridized carbons (Fsp3) is 0.500. The van der Waals surface area contributed by atoms with Crippen molar-refractivity contribution >= 4 is 5.82 Å². The first-order chi connectivity index (χ1) is 11.4. The zero-order valence-electron chi connectivity index (χ0n) is 13.4. The van der Waals surface area contributed by atoms with Crippen LogP contribution in [0.2, 0.25) is 0 Å². The molecule has 0 saturated carbocycles. The molecule has 3 heterocycles. The second kappa shape index (κ2) is 6.62. The van der Waals surface area contributed by atoms with E-state index in [9.17, 15) is 0 Å². The smallest absolute Gasteiger partial charge is 0.133 e. The lowest BCUT2D eigenvalue weighted by Gasteiger charge is -2.33. The van der Waals surface area contributed by atoms with E-state index in [2.05, 4.69) is 37.3 Å². The number of nitrogens with zero attached hydrogens (tertiary/aromatic N) is 4. The standard InChI is InChI=1S/C18H23N5/c1-2-9-19-14(5-1)11-23-10-4-6-15(12-23)22-18-16-7-3-8-17(16)20-13-21-18/h1-2,5,9,13,15H,3-4,6-8,10-12H2,(H,20,21,22)/t15-/m0/s1. The fourth-order valence-corrected chi connectivity index (χ4v) is 3.71. The maximum absolute atomic E-state index is 4.50. The molecule has 5 heteroatoms. The predicted molar refractivity (Wildman–Crippen MR) is 90.2 cm³/mol. The van der Waals surface area contributed by atoms with E-state index in [1.165, 1.54) is 30.5 Å². The molecule has 0 amide bonds. The molecule has 2 aliphatic rings. The van der Waals surface area contributed by atoms with Crippen molar-refractivity contribution in [2.45, 2.75) is 44.7 Å². The number of hydrogen-bond acceptors (Lipinski definition) is 5. The number of pyridine rings is 1. The van der Waals surface area contributed by atoms with Gasteiger partial charge in [-0.1, -0.05) is 6.07 Å². The van der Waals surface area contributed by atoms with Crippen LogP contribution in [0.1, 0.15) is 36.2 Å². The third kappa shape index (κ3) is 3.34. The van der Waals surface area contributed by atoms with Crippen molar-refractivity contribution in [3.05, 3.63) is 47.7 Å². The Balaban J connectivity index is 1.41. The summed E-state index contributed by atoms with van der Waals surface area (Å²) < 4.78 is 0. The molecule has 0 aromatic carbocycles. The molecule has 0 bridgehead atoms. The Hall–Kier alpha value is -2.01. The van der Waals surface area contributed by atoms with Crippen molar-refractivity contribution in [2.24, 2.45) is 0 Å². The van der Waals surface area contributed by atoms with Gasteiger partial charge in [0.25, 0.3) is 0 Å². The van der Waals surface area contributed by atoms with Crippen molar-refractivity contribution in [1.82, 2.24) is 19.9 Å². The molecule has 5 nitrogen and oxygen atoms in total. The molecule has 120 valence electrons. The number of aryl methyl sites for hydroxylation is 1. The molecule has 1 saturated heterocycles. The summed E-state index contributed by atoms with van der Waals surface area (Å²) in [7, 11) is 0. The number of fused-ring (bicyclic) bond motifs is 1. The molecule has 1 aliphatic heterocycles. The van der Waals surface area contributed by atoms with Crippen LogP contribution in [0, 0.1) is 0 Å². The van der Waals surface area contributed by atoms with E-state index in [0.29, 0.717) is 6.04 Å². The van der Waals surface area contributed by atoms with Crippen LogP contribution in [-0.2, 0) is 19.4 Å². The maximum atomic E-state index is 4.50. The van der Waals surface area contributed by atoms with E-state index in [1.807, 2.05) is 12.3 Å². The van der Waals surface area contributed by atoms with Gasteiger partial charge in [-0.3, -0.25) is 9.88 Å². The van der Waals surface area contributed by atoms with Crippen LogP contribution < -0.4 is 5.32 Å². The van der Waals surface area contributed by atoms with Gasteiger partial charge in [-0.2, -0.15) is 0 Å². The van der Waals surface area contributed by atoms with Crippen molar-refractivity contribution in [3.63, 3.8) is 0 Å². The minimum absolute atomic E-state index is 0.465. The van der Waals surface area contributed by atoms with E-state index in [0.717, 1.165) is 44.0 Å². The Morgan fingerprint density at radius 2 is 2.13 bits per heavy atom. The summed E-state index contributed by atoms with van der Waals surface area (Å²) >= 11 is 0. The third-order valence-corrected chi connectivity index (χ3v) is 4.83. The topological polar surface area (TPSA) is 53.9 Å². The van der Waals surface area contributed by atoms with Gasteiger partial charge in [0.2, 0.25) is 0 Å². The highest BCUT2D eigenvalue weighted by Gasteiger charge is 2.23. The van der Waals surface area contributed by atoms with Gasteiger partial charge in [0, 0.05) is 36.6 Å². The van der Waals surface area contributed by atoms with Crippen molar-refractivity contribution < 1.29 is 0 Å². The molecule has 1 aliphatic carbocycles. The zero-order valence-corrected chi connectivity index (χ0v) is 13.4. The van der Waals surface area contributed by atoms with Gasteiger partial charge in [0.1, 0.15) is 12.1 Å². The van der Waals surface area contributed by atoms with Gasteiger partial charge in [0.15, 0.2) is 0 Å². The molecule has 1 atom stereocenters. The number of likely N-dealkylation sites (tertiary alicyclic amines) is 1. The largest absolute Gasteiger partial charge is 0.366 e. The highest BCUT2D eigenvalue weighted by molar-refractivity contribution is 5.48. The van der Waals surface area contributed by atoms with Crippen LogP contribution in [0.4, 0.5) is 5.82 Å². The van der Waals surface area contributed by atoms with Gasteiger partial charge in [-0.25, -0.2) is 9.97 Å². The van der Waals surface area contributed by atoms with E-state index in [4.69, 9.17) is 0 Å². The highest BCUT2D eigenvalue weighted by atomic mass is 15.2.